The van der Waals surface area contributed by atoms with Gasteiger partial charge in [-0.15, -0.1) is 0 Å². The number of carboxylic acids is 2. The molecule has 7 heteroatoms. The average Bonchev–Trinajstić information content (AvgIpc) is 2.37. The Bertz CT molecular complexity index is 548. The molecular formula is C14H18N2O5. The molecule has 0 aliphatic carbocycles. The maximum atomic E-state index is 12.1. The lowest BCUT2D eigenvalue weighted by Gasteiger charge is -2.24. The number of carboxylic acid groups (broad SMARTS) is 2. The van der Waals surface area contributed by atoms with E-state index in [0.717, 1.165) is 6.07 Å². The molecule has 21 heavy (non-hydrogen) atoms. The fourth-order valence-corrected chi connectivity index (χ4v) is 1.76. The Morgan fingerprint density at radius 3 is 1.90 bits per heavy atom. The number of nitrogens with one attached hydrogen (secondary N) is 2. The molecule has 0 atom stereocenters. The zero-order valence-electron chi connectivity index (χ0n) is 12.1. The molecule has 0 heterocycles. The monoisotopic (exact) mass is 294 g/mol. The van der Waals surface area contributed by atoms with Crippen LogP contribution in [0.3, 0.4) is 0 Å². The molecule has 0 spiro atoms. The van der Waals surface area contributed by atoms with Crippen molar-refractivity contribution in [3.05, 3.63) is 29.3 Å². The van der Waals surface area contributed by atoms with E-state index >= 15 is 0 Å². The molecule has 0 saturated carbocycles. The standard InChI is InChI=1S/C14H18N2O5/c1-4-15-14(2,3)13(21)16-10-6-8(11(17)18)5-9(7-10)12(19)20/h5-7,15H,4H2,1-3H3,(H,16,21)(H,17,18)(H,19,20). The molecule has 0 bridgehead atoms. The molecule has 114 valence electrons. The van der Waals surface area contributed by atoms with Crippen LogP contribution >= 0.6 is 0 Å². The van der Waals surface area contributed by atoms with Crippen LogP contribution in [0.15, 0.2) is 18.2 Å². The Hall–Kier alpha value is -2.41. The van der Waals surface area contributed by atoms with Crippen LogP contribution in [0.4, 0.5) is 5.69 Å². The SMILES string of the molecule is CCNC(C)(C)C(=O)Nc1cc(C(=O)O)cc(C(=O)O)c1. The van der Waals surface area contributed by atoms with Gasteiger partial charge in [-0.05, 0) is 38.6 Å². The second-order valence-corrected chi connectivity index (χ2v) is 5.02. The summed E-state index contributed by atoms with van der Waals surface area (Å²) < 4.78 is 0. The minimum Gasteiger partial charge on any atom is -0.478 e. The molecule has 0 unspecified atom stereocenters. The lowest BCUT2D eigenvalue weighted by atomic mass is 10.0. The van der Waals surface area contributed by atoms with Crippen molar-refractivity contribution in [1.82, 2.24) is 5.32 Å². The van der Waals surface area contributed by atoms with Crippen molar-refractivity contribution >= 4 is 23.5 Å². The normalized spacial score (nSPS) is 11.0. The summed E-state index contributed by atoms with van der Waals surface area (Å²) in [6.45, 7) is 5.77. The predicted octanol–water partition coefficient (Wildman–Crippen LogP) is 1.41. The second-order valence-electron chi connectivity index (χ2n) is 5.02. The van der Waals surface area contributed by atoms with Crippen LogP contribution < -0.4 is 10.6 Å². The summed E-state index contributed by atoms with van der Waals surface area (Å²) in [6.07, 6.45) is 0. The summed E-state index contributed by atoms with van der Waals surface area (Å²) in [4.78, 5) is 34.1. The van der Waals surface area contributed by atoms with Gasteiger partial charge in [0.25, 0.3) is 0 Å². The van der Waals surface area contributed by atoms with Crippen molar-refractivity contribution < 1.29 is 24.6 Å². The third-order valence-corrected chi connectivity index (χ3v) is 2.87. The molecule has 1 aromatic carbocycles. The molecule has 0 aliphatic heterocycles. The molecule has 0 aliphatic rings. The minimum absolute atomic E-state index is 0.128. The number of aromatic carboxylic acids is 2. The Labute approximate surface area is 122 Å². The number of anilines is 1. The number of hydrogen-bond acceptors (Lipinski definition) is 4. The van der Waals surface area contributed by atoms with Gasteiger partial charge in [0.05, 0.1) is 16.7 Å². The number of carbonyl (C=O) groups is 3. The molecule has 1 amide bonds. The first kappa shape index (κ1) is 16.6. The van der Waals surface area contributed by atoms with E-state index in [1.54, 1.807) is 13.8 Å². The molecule has 0 fully saturated rings. The van der Waals surface area contributed by atoms with Crippen LogP contribution in [-0.2, 0) is 4.79 Å². The van der Waals surface area contributed by atoms with E-state index in [0.29, 0.717) is 6.54 Å². The maximum absolute atomic E-state index is 12.1. The highest BCUT2D eigenvalue weighted by Gasteiger charge is 2.26. The molecule has 7 nitrogen and oxygen atoms in total. The van der Waals surface area contributed by atoms with E-state index in [-0.39, 0.29) is 22.7 Å². The van der Waals surface area contributed by atoms with E-state index in [4.69, 9.17) is 10.2 Å². The number of carbonyl (C=O) groups excluding carboxylic acids is 1. The largest absolute Gasteiger partial charge is 0.478 e. The third-order valence-electron chi connectivity index (χ3n) is 2.87. The highest BCUT2D eigenvalue weighted by Crippen LogP contribution is 2.17. The van der Waals surface area contributed by atoms with E-state index in [1.807, 2.05) is 6.92 Å². The fraction of sp³-hybridized carbons (Fsp3) is 0.357. The van der Waals surface area contributed by atoms with Crippen molar-refractivity contribution in [3.8, 4) is 0 Å². The first-order valence-corrected chi connectivity index (χ1v) is 6.35. The fourth-order valence-electron chi connectivity index (χ4n) is 1.76. The quantitative estimate of drug-likeness (QED) is 0.630. The zero-order valence-corrected chi connectivity index (χ0v) is 12.1. The number of amides is 1. The molecule has 1 rings (SSSR count). The molecule has 1 aromatic rings. The van der Waals surface area contributed by atoms with Gasteiger partial charge in [0.1, 0.15) is 0 Å². The van der Waals surface area contributed by atoms with Gasteiger partial charge in [-0.25, -0.2) is 9.59 Å². The van der Waals surface area contributed by atoms with Gasteiger partial charge < -0.3 is 20.8 Å². The topological polar surface area (TPSA) is 116 Å². The molecule has 4 N–H and O–H groups in total. The van der Waals surface area contributed by atoms with Crippen LogP contribution in [0.5, 0.6) is 0 Å². The van der Waals surface area contributed by atoms with Gasteiger partial charge in [0.2, 0.25) is 5.91 Å². The summed E-state index contributed by atoms with van der Waals surface area (Å²) in [5, 5.41) is 23.5. The Kier molecular flexibility index (Phi) is 5.04. The van der Waals surface area contributed by atoms with Crippen LogP contribution in [-0.4, -0.2) is 40.1 Å². The Morgan fingerprint density at radius 1 is 1.05 bits per heavy atom. The summed E-state index contributed by atoms with van der Waals surface area (Å²) >= 11 is 0. The number of hydrogen-bond donors (Lipinski definition) is 4. The van der Waals surface area contributed by atoms with Gasteiger partial charge >= 0.3 is 11.9 Å². The van der Waals surface area contributed by atoms with Crippen molar-refractivity contribution in [2.45, 2.75) is 26.3 Å². The third kappa shape index (κ3) is 4.28. The molecule has 0 saturated heterocycles. The van der Waals surface area contributed by atoms with Crippen molar-refractivity contribution in [2.75, 3.05) is 11.9 Å². The summed E-state index contributed by atoms with van der Waals surface area (Å²) in [5.41, 5.74) is -1.14. The number of likely N-dealkylation sites (N-methyl/N-ethyl adjacent to an activating group) is 1. The second kappa shape index (κ2) is 6.36. The van der Waals surface area contributed by atoms with Crippen LogP contribution in [0.25, 0.3) is 0 Å². The van der Waals surface area contributed by atoms with Gasteiger partial charge in [-0.2, -0.15) is 0 Å². The van der Waals surface area contributed by atoms with E-state index in [2.05, 4.69) is 10.6 Å². The van der Waals surface area contributed by atoms with Gasteiger partial charge in [0, 0.05) is 5.69 Å². The van der Waals surface area contributed by atoms with Gasteiger partial charge in [-0.1, -0.05) is 6.92 Å². The molecule has 0 radical (unpaired) electrons. The first-order chi connectivity index (χ1) is 9.67. The Balaban J connectivity index is 3.10. The van der Waals surface area contributed by atoms with E-state index in [1.165, 1.54) is 12.1 Å². The highest BCUT2D eigenvalue weighted by atomic mass is 16.4. The van der Waals surface area contributed by atoms with Gasteiger partial charge in [-0.3, -0.25) is 4.79 Å². The first-order valence-electron chi connectivity index (χ1n) is 6.35. The predicted molar refractivity (Wildman–Crippen MR) is 76.7 cm³/mol. The summed E-state index contributed by atoms with van der Waals surface area (Å²) in [6, 6.07) is 3.47. The van der Waals surface area contributed by atoms with Gasteiger partial charge in [0.15, 0.2) is 0 Å². The highest BCUT2D eigenvalue weighted by molar-refractivity contribution is 6.01. The number of benzene rings is 1. The van der Waals surface area contributed by atoms with Crippen molar-refractivity contribution in [2.24, 2.45) is 0 Å². The van der Waals surface area contributed by atoms with E-state index < -0.39 is 17.5 Å². The van der Waals surface area contributed by atoms with E-state index in [9.17, 15) is 14.4 Å². The van der Waals surface area contributed by atoms with Crippen LogP contribution in [0, 0.1) is 0 Å². The summed E-state index contributed by atoms with van der Waals surface area (Å²) in [5.74, 6) is -2.91. The zero-order chi connectivity index (χ0) is 16.2. The smallest absolute Gasteiger partial charge is 0.335 e. The van der Waals surface area contributed by atoms with Crippen molar-refractivity contribution in [1.29, 1.82) is 0 Å². The lowest BCUT2D eigenvalue weighted by molar-refractivity contribution is -0.121. The minimum atomic E-state index is -1.26. The molecule has 0 aromatic heterocycles. The van der Waals surface area contributed by atoms with Crippen molar-refractivity contribution in [3.63, 3.8) is 0 Å². The number of rotatable bonds is 6. The van der Waals surface area contributed by atoms with Crippen LogP contribution in [0.2, 0.25) is 0 Å². The summed E-state index contributed by atoms with van der Waals surface area (Å²) in [7, 11) is 0. The maximum Gasteiger partial charge on any atom is 0.335 e. The molecular weight excluding hydrogens is 276 g/mol. The Morgan fingerprint density at radius 2 is 1.52 bits per heavy atom. The average molecular weight is 294 g/mol. The lowest BCUT2D eigenvalue weighted by Crippen LogP contribution is -2.49. The van der Waals surface area contributed by atoms with Crippen LogP contribution in [0.1, 0.15) is 41.5 Å².